The van der Waals surface area contributed by atoms with E-state index in [1.165, 1.54) is 0 Å². The first kappa shape index (κ1) is 11.6. The van der Waals surface area contributed by atoms with Crippen LogP contribution in [0.5, 0.6) is 0 Å². The van der Waals surface area contributed by atoms with Gasteiger partial charge in [0.1, 0.15) is 6.04 Å². The minimum Gasteiger partial charge on any atom is -0.372 e. The van der Waals surface area contributed by atoms with E-state index in [-0.39, 0.29) is 11.9 Å². The van der Waals surface area contributed by atoms with Gasteiger partial charge in [0.05, 0.1) is 11.4 Å². The van der Waals surface area contributed by atoms with Gasteiger partial charge in [-0.15, -0.1) is 0 Å². The molecule has 2 N–H and O–H groups in total. The van der Waals surface area contributed by atoms with Gasteiger partial charge in [-0.3, -0.25) is 4.79 Å². The smallest absolute Gasteiger partial charge is 0.247 e. The third kappa shape index (κ3) is 2.29. The van der Waals surface area contributed by atoms with Gasteiger partial charge in [-0.2, -0.15) is 0 Å². The Morgan fingerprint density at radius 2 is 2.00 bits per heavy atom. The zero-order valence-corrected chi connectivity index (χ0v) is 9.34. The van der Waals surface area contributed by atoms with Crippen molar-refractivity contribution in [2.24, 2.45) is 5.92 Å². The normalized spacial score (nSPS) is 22.8. The molecule has 1 aliphatic heterocycles. The van der Waals surface area contributed by atoms with Crippen LogP contribution in [0.3, 0.4) is 0 Å². The van der Waals surface area contributed by atoms with Crippen LogP contribution in [0.1, 0.15) is 20.3 Å². The SMILES string of the molecule is C=CC1=C(C=C)NC(C(C)CC)C(=O)N1. The maximum Gasteiger partial charge on any atom is 0.247 e. The number of carbonyl (C=O) groups excluding carboxylic acids is 1. The summed E-state index contributed by atoms with van der Waals surface area (Å²) >= 11 is 0. The molecule has 0 aliphatic carbocycles. The first-order valence-electron chi connectivity index (χ1n) is 5.20. The van der Waals surface area contributed by atoms with Crippen LogP contribution < -0.4 is 10.6 Å². The number of rotatable bonds is 4. The molecule has 0 bridgehead atoms. The molecule has 15 heavy (non-hydrogen) atoms. The van der Waals surface area contributed by atoms with Gasteiger partial charge in [0.25, 0.3) is 0 Å². The minimum absolute atomic E-state index is 0.00449. The Labute approximate surface area is 90.9 Å². The van der Waals surface area contributed by atoms with Gasteiger partial charge < -0.3 is 10.6 Å². The fourth-order valence-electron chi connectivity index (χ4n) is 1.55. The van der Waals surface area contributed by atoms with Crippen molar-refractivity contribution in [3.8, 4) is 0 Å². The Hall–Kier alpha value is -1.51. The number of allylic oxidation sites excluding steroid dienone is 2. The fourth-order valence-corrected chi connectivity index (χ4v) is 1.55. The van der Waals surface area contributed by atoms with E-state index in [9.17, 15) is 4.79 Å². The molecule has 0 radical (unpaired) electrons. The number of carbonyl (C=O) groups is 1. The van der Waals surface area contributed by atoms with Crippen LogP contribution in [0.25, 0.3) is 0 Å². The first-order chi connectivity index (χ1) is 7.13. The maximum absolute atomic E-state index is 11.7. The molecule has 3 heteroatoms. The highest BCUT2D eigenvalue weighted by Crippen LogP contribution is 2.16. The van der Waals surface area contributed by atoms with Crippen molar-refractivity contribution in [2.45, 2.75) is 26.3 Å². The molecule has 82 valence electrons. The van der Waals surface area contributed by atoms with Crippen LogP contribution in [-0.2, 0) is 4.79 Å². The molecule has 0 aromatic carbocycles. The molecule has 0 aromatic heterocycles. The van der Waals surface area contributed by atoms with Gasteiger partial charge in [-0.25, -0.2) is 0 Å². The summed E-state index contributed by atoms with van der Waals surface area (Å²) in [5, 5.41) is 6.00. The quantitative estimate of drug-likeness (QED) is 0.735. The molecule has 3 nitrogen and oxygen atoms in total. The Morgan fingerprint density at radius 1 is 1.40 bits per heavy atom. The van der Waals surface area contributed by atoms with E-state index >= 15 is 0 Å². The average molecular weight is 206 g/mol. The van der Waals surface area contributed by atoms with Crippen molar-refractivity contribution in [2.75, 3.05) is 0 Å². The number of hydrogen-bond donors (Lipinski definition) is 2. The molecule has 0 saturated heterocycles. The third-order valence-corrected chi connectivity index (χ3v) is 2.76. The Balaban J connectivity index is 2.93. The molecule has 0 aromatic rings. The zero-order chi connectivity index (χ0) is 11.4. The molecule has 1 heterocycles. The molecule has 2 atom stereocenters. The summed E-state index contributed by atoms with van der Waals surface area (Å²) in [4.78, 5) is 11.7. The van der Waals surface area contributed by atoms with Gasteiger partial charge >= 0.3 is 0 Å². The topological polar surface area (TPSA) is 41.1 Å². The largest absolute Gasteiger partial charge is 0.372 e. The second kappa shape index (κ2) is 4.82. The summed E-state index contributed by atoms with van der Waals surface area (Å²) in [6.07, 6.45) is 4.28. The van der Waals surface area contributed by atoms with E-state index in [0.717, 1.165) is 12.1 Å². The lowest BCUT2D eigenvalue weighted by Crippen LogP contribution is -2.51. The predicted molar refractivity (Wildman–Crippen MR) is 61.9 cm³/mol. The highest BCUT2D eigenvalue weighted by Gasteiger charge is 2.28. The van der Waals surface area contributed by atoms with Gasteiger partial charge in [0.2, 0.25) is 5.91 Å². The summed E-state index contributed by atoms with van der Waals surface area (Å²) in [6, 6.07) is -0.174. The summed E-state index contributed by atoms with van der Waals surface area (Å²) in [6.45, 7) is 11.5. The van der Waals surface area contributed by atoms with Crippen molar-refractivity contribution in [1.29, 1.82) is 0 Å². The second-order valence-electron chi connectivity index (χ2n) is 3.73. The highest BCUT2D eigenvalue weighted by molar-refractivity contribution is 5.86. The van der Waals surface area contributed by atoms with Crippen molar-refractivity contribution in [3.05, 3.63) is 36.7 Å². The van der Waals surface area contributed by atoms with Gasteiger partial charge in [-0.1, -0.05) is 33.4 Å². The van der Waals surface area contributed by atoms with E-state index in [2.05, 4.69) is 37.6 Å². The molecular weight excluding hydrogens is 188 g/mol. The molecule has 1 rings (SSSR count). The summed E-state index contributed by atoms with van der Waals surface area (Å²) in [5.41, 5.74) is 1.55. The third-order valence-electron chi connectivity index (χ3n) is 2.76. The lowest BCUT2D eigenvalue weighted by atomic mass is 9.96. The Kier molecular flexibility index (Phi) is 3.72. The van der Waals surface area contributed by atoms with E-state index in [0.29, 0.717) is 11.6 Å². The predicted octanol–water partition coefficient (Wildman–Crippen LogP) is 1.70. The molecule has 1 amide bonds. The fraction of sp³-hybridized carbons (Fsp3) is 0.417. The van der Waals surface area contributed by atoms with Crippen molar-refractivity contribution in [3.63, 3.8) is 0 Å². The summed E-state index contributed by atoms with van der Waals surface area (Å²) < 4.78 is 0. The summed E-state index contributed by atoms with van der Waals surface area (Å²) in [5.74, 6) is 0.302. The zero-order valence-electron chi connectivity index (χ0n) is 9.34. The highest BCUT2D eigenvalue weighted by atomic mass is 16.2. The number of hydrogen-bond acceptors (Lipinski definition) is 2. The molecule has 0 saturated carbocycles. The van der Waals surface area contributed by atoms with Crippen LogP contribution in [0, 0.1) is 5.92 Å². The Morgan fingerprint density at radius 3 is 2.47 bits per heavy atom. The van der Waals surface area contributed by atoms with Crippen LogP contribution in [0.15, 0.2) is 36.7 Å². The lowest BCUT2D eigenvalue weighted by molar-refractivity contribution is -0.123. The standard InChI is InChI=1S/C12H18N2O/c1-5-8(4)11-12(15)14-10(7-3)9(6-2)13-11/h6-8,11,13H,2-3,5H2,1,4H3,(H,14,15). The average Bonchev–Trinajstić information content (AvgIpc) is 2.27. The molecule has 2 unspecified atom stereocenters. The minimum atomic E-state index is -0.174. The Bertz CT molecular complexity index is 318. The number of nitrogens with one attached hydrogen (secondary N) is 2. The van der Waals surface area contributed by atoms with Crippen molar-refractivity contribution in [1.82, 2.24) is 10.6 Å². The van der Waals surface area contributed by atoms with Crippen molar-refractivity contribution < 1.29 is 4.79 Å². The van der Waals surface area contributed by atoms with Gasteiger partial charge in [-0.05, 0) is 18.1 Å². The van der Waals surface area contributed by atoms with Gasteiger partial charge in [0.15, 0.2) is 0 Å². The molecule has 0 spiro atoms. The monoisotopic (exact) mass is 206 g/mol. The lowest BCUT2D eigenvalue weighted by Gasteiger charge is -2.30. The molecule has 0 fully saturated rings. The van der Waals surface area contributed by atoms with Crippen molar-refractivity contribution >= 4 is 5.91 Å². The molecule has 1 aliphatic rings. The molecular formula is C12H18N2O. The number of amides is 1. The van der Waals surface area contributed by atoms with Crippen LogP contribution in [0.2, 0.25) is 0 Å². The van der Waals surface area contributed by atoms with E-state index in [4.69, 9.17) is 0 Å². The van der Waals surface area contributed by atoms with Crippen LogP contribution >= 0.6 is 0 Å². The summed E-state index contributed by atoms with van der Waals surface area (Å²) in [7, 11) is 0. The maximum atomic E-state index is 11.7. The first-order valence-corrected chi connectivity index (χ1v) is 5.20. The van der Waals surface area contributed by atoms with Gasteiger partial charge in [0, 0.05) is 0 Å². The van der Waals surface area contributed by atoms with Crippen LogP contribution in [-0.4, -0.2) is 11.9 Å². The van der Waals surface area contributed by atoms with E-state index < -0.39 is 0 Å². The van der Waals surface area contributed by atoms with E-state index in [1.54, 1.807) is 12.2 Å². The second-order valence-corrected chi connectivity index (χ2v) is 3.73. The van der Waals surface area contributed by atoms with Crippen LogP contribution in [0.4, 0.5) is 0 Å². The van der Waals surface area contributed by atoms with E-state index in [1.807, 2.05) is 0 Å².